The van der Waals surface area contributed by atoms with Crippen LogP contribution in [0.25, 0.3) is 0 Å². The molecule has 6 saturated carbocycles. The quantitative estimate of drug-likeness (QED) is 0.00776. The number of esters is 6. The number of methoxy groups -OCH3 is 2. The SMILES string of the molecule is CCCCCCC1OCC(COC(=O)Oc2ccc([N+](=O)[O-])cc2)O1.CCCCCCCCCCCCCCCC1OCC(COC(=O)OC2=C(C)[C@@H]3C[C@H]4OC(=O)C(OC(=O)CC5(O)CCCCC5)[C@H]5[C@]6(C(=O)OC)OC[C@]45[C@H]([C@@H](O)[C@@H]6O)[C@@]3(C)[C@H](O)C2=O)O1.COC(=O)[C@@]12OC[C@]34[C@H]([C@@H](O)[C@@H]1O)[C@@]1(C)[C@H](O)C(=O)C(O)=C(C)[C@@H]1C[C@H]3OC(=O)C(OC(=O)CC1(O)CCCCC1)[C@@H]24. The van der Waals surface area contributed by atoms with Crippen LogP contribution < -0.4 is 4.74 Å². The summed E-state index contributed by atoms with van der Waals surface area (Å²) in [5.41, 5.74) is -13.4. The summed E-state index contributed by atoms with van der Waals surface area (Å²) in [7, 11) is 2.09. The van der Waals surface area contributed by atoms with Gasteiger partial charge >= 0.3 is 48.1 Å². The number of carbonyl (C=O) groups excluding carboxylic acids is 10. The number of ketones is 2. The molecule has 12 fully saturated rings. The van der Waals surface area contributed by atoms with Crippen LogP contribution in [0.4, 0.5) is 15.3 Å². The monoisotopic (exact) mass is 1880 g/mol. The van der Waals surface area contributed by atoms with Crippen molar-refractivity contribution in [3.8, 4) is 5.75 Å². The van der Waals surface area contributed by atoms with Gasteiger partial charge in [0.15, 0.2) is 24.1 Å². The van der Waals surface area contributed by atoms with Crippen LogP contribution in [0.3, 0.4) is 0 Å². The molecule has 8 aliphatic carbocycles. The number of hydrogen-bond donors (Lipinski definition) is 9. The lowest BCUT2D eigenvalue weighted by Gasteiger charge is -2.67. The maximum atomic E-state index is 14.2. The standard InChI is InChI=1S/C49H74O17.C29H38O13.C17H23NO7/c1-5-6-7-8-9-10-11-12-13-14-15-16-18-21-34-60-26-30(63-34)27-61-45(57)66-37-29(2)31-24-32-48-28-62-49(44(56)59-4,42(54)36(52)39(48)46(31,3)41(53)35(37)51)40(48)38(43(55)64-32)65-33(50)25-47(58)22-19-17-20-23-47;1-12-13-9-14-28-11-40-29(25(37)39-3,23(35)18(33)20(28)26(13,2)22(34)17(32)16(12)31)21(28)19(24(36)41-14)42-15(30)10-27(38)7-5-4-6-8-27;1-2-3-4-5-6-16-22-11-15(24-16)12-23-17(19)25-14-9-7-13(8-10-14)18(20)21/h30-32,34,36,38-42,52-54,58H,5-28H2,1-4H3;13-14,18-23,31,33-35,38H,4-11H2,1-3H3;7-10,15-16H,2-6,11-12H2,1H3/t30?,31-,32+,34?,36+,38?,39+,40+,41+,42-,46-,48+,49-;13-,14+,18+,19?,20+,21+,22+,23-,26-,28+,29-;/m00./s1. The lowest BCUT2D eigenvalue weighted by Crippen LogP contribution is -2.80. The van der Waals surface area contributed by atoms with E-state index in [0.717, 1.165) is 78.4 Å². The third-order valence-electron chi connectivity index (χ3n) is 31.7. The lowest BCUT2D eigenvalue weighted by atomic mass is 9.37. The fourth-order valence-electron chi connectivity index (χ4n) is 25.2. The van der Waals surface area contributed by atoms with E-state index in [1.54, 1.807) is 13.8 Å². The van der Waals surface area contributed by atoms with Gasteiger partial charge in [-0.05, 0) is 113 Å². The highest BCUT2D eigenvalue weighted by Gasteiger charge is 2.88. The number of unbranched alkanes of at least 4 members (excludes halogenated alkanes) is 15. The summed E-state index contributed by atoms with van der Waals surface area (Å²) in [6.45, 7) is 10.2. The average Bonchev–Trinajstić information content (AvgIpc) is 1.53. The summed E-state index contributed by atoms with van der Waals surface area (Å²) in [6, 6.07) is 5.17. The molecule has 38 nitrogen and oxygen atoms in total. The number of ether oxygens (including phenoxy) is 16. The van der Waals surface area contributed by atoms with Crippen LogP contribution >= 0.6 is 0 Å². The average molecular weight is 1880 g/mol. The van der Waals surface area contributed by atoms with Gasteiger partial charge in [0.25, 0.3) is 5.69 Å². The molecule has 6 unspecified atom stereocenters. The molecule has 133 heavy (non-hydrogen) atoms. The number of aliphatic hydroxyl groups excluding tert-OH is 7. The molecule has 0 radical (unpaired) electrons. The molecular formula is C95H135NO37. The second-order valence-corrected chi connectivity index (χ2v) is 39.6. The number of Topliss-reactive ketones (excluding diaryl/α,β-unsaturated/α-hetero) is 2. The maximum Gasteiger partial charge on any atom is 0.514 e. The number of nitrogens with zero attached hydrogens (tertiary/aromatic N) is 1. The molecule has 38 heteroatoms. The molecule has 26 atom stereocenters. The molecule has 4 bridgehead atoms. The maximum absolute atomic E-state index is 14.2. The predicted molar refractivity (Wildman–Crippen MR) is 457 cm³/mol. The van der Waals surface area contributed by atoms with Crippen LogP contribution in [0, 0.1) is 67.3 Å². The van der Waals surface area contributed by atoms with E-state index in [0.29, 0.717) is 51.6 Å². The van der Waals surface area contributed by atoms with Crippen molar-refractivity contribution < 1.29 is 175 Å². The van der Waals surface area contributed by atoms with Crippen LogP contribution in [-0.2, 0) is 109 Å². The normalized spacial score (nSPS) is 37.3. The number of hydrogen-bond acceptors (Lipinski definition) is 37. The Kier molecular flexibility index (Phi) is 32.8. The van der Waals surface area contributed by atoms with Gasteiger partial charge < -0.3 is 122 Å². The van der Waals surface area contributed by atoms with Gasteiger partial charge in [-0.15, -0.1) is 0 Å². The number of rotatable bonds is 34. The van der Waals surface area contributed by atoms with E-state index in [1.165, 1.54) is 115 Å². The van der Waals surface area contributed by atoms with Crippen LogP contribution in [0.5, 0.6) is 5.75 Å². The molecule has 0 aromatic heterocycles. The van der Waals surface area contributed by atoms with Crippen LogP contribution in [0.2, 0.25) is 0 Å². The summed E-state index contributed by atoms with van der Waals surface area (Å²) < 4.78 is 89.6. The largest absolute Gasteiger partial charge is 0.514 e. The van der Waals surface area contributed by atoms with E-state index in [4.69, 9.17) is 75.8 Å². The van der Waals surface area contributed by atoms with Gasteiger partial charge in [0.2, 0.25) is 35.0 Å². The highest BCUT2D eigenvalue weighted by Crippen LogP contribution is 2.75. The molecule has 15 rings (SSSR count). The molecule has 742 valence electrons. The molecule has 0 amide bonds. The van der Waals surface area contributed by atoms with Gasteiger partial charge in [-0.2, -0.15) is 0 Å². The van der Waals surface area contributed by atoms with Gasteiger partial charge in [-0.1, -0.05) is 163 Å². The summed E-state index contributed by atoms with van der Waals surface area (Å²) in [5.74, 6) is -16.2. The minimum absolute atomic E-state index is 0.0146. The number of fused-ring (bicyclic) bond motifs is 4. The Balaban J connectivity index is 0.000000190. The van der Waals surface area contributed by atoms with Gasteiger partial charge in [-0.25, -0.2) is 28.8 Å². The van der Waals surface area contributed by atoms with Gasteiger partial charge in [0.1, 0.15) is 67.8 Å². The number of aliphatic hydroxyl groups is 9. The number of nitro groups is 1. The molecule has 14 aliphatic rings. The highest BCUT2D eigenvalue weighted by molar-refractivity contribution is 6.01. The Morgan fingerprint density at radius 1 is 0.511 bits per heavy atom. The number of allylic oxidation sites excluding steroid dienone is 2. The second kappa shape index (κ2) is 42.6. The van der Waals surface area contributed by atoms with Crippen molar-refractivity contribution in [3.05, 3.63) is 57.0 Å². The first-order valence-corrected chi connectivity index (χ1v) is 47.8. The fourth-order valence-corrected chi connectivity index (χ4v) is 25.2. The number of non-ortho nitro benzene ring substituents is 1. The van der Waals surface area contributed by atoms with Crippen molar-refractivity contribution in [2.45, 2.75) is 362 Å². The van der Waals surface area contributed by atoms with Gasteiger partial charge in [0, 0.05) is 45.6 Å². The Bertz CT molecular complexity index is 4430. The van der Waals surface area contributed by atoms with Crippen molar-refractivity contribution >= 4 is 65.4 Å². The van der Waals surface area contributed by atoms with Crippen LogP contribution in [0.15, 0.2) is 46.9 Å². The van der Waals surface area contributed by atoms with Crippen LogP contribution in [0.1, 0.15) is 253 Å². The number of benzene rings is 1. The van der Waals surface area contributed by atoms with Crippen LogP contribution in [-0.4, -0.2) is 273 Å². The minimum atomic E-state index is -2.43. The summed E-state index contributed by atoms with van der Waals surface area (Å²) in [5, 5.41) is 114. The van der Waals surface area contributed by atoms with Crippen molar-refractivity contribution in [2.24, 2.45) is 57.2 Å². The summed E-state index contributed by atoms with van der Waals surface area (Å²) >= 11 is 0. The zero-order valence-electron chi connectivity index (χ0n) is 77.3. The van der Waals surface area contributed by atoms with E-state index in [1.807, 2.05) is 0 Å². The van der Waals surface area contributed by atoms with Crippen molar-refractivity contribution in [1.29, 1.82) is 0 Å². The Morgan fingerprint density at radius 2 is 0.895 bits per heavy atom. The topological polar surface area (TPSA) is 544 Å². The first-order valence-electron chi connectivity index (χ1n) is 47.8. The van der Waals surface area contributed by atoms with Gasteiger partial charge in [0.05, 0.1) is 93.7 Å². The molecule has 2 spiro atoms. The molecule has 1 aromatic carbocycles. The molecule has 6 heterocycles. The highest BCUT2D eigenvalue weighted by atomic mass is 16.8. The molecular weight excluding hydrogens is 1750 g/mol. The van der Waals surface area contributed by atoms with Crippen molar-refractivity contribution in [1.82, 2.24) is 0 Å². The fraction of sp³-hybridized carbons (Fsp3) is 0.789. The summed E-state index contributed by atoms with van der Waals surface area (Å²) in [4.78, 5) is 144. The molecule has 9 N–H and O–H groups in total. The van der Waals surface area contributed by atoms with E-state index in [2.05, 4.69) is 13.8 Å². The first-order chi connectivity index (χ1) is 63.4. The van der Waals surface area contributed by atoms with Gasteiger partial charge in [-0.3, -0.25) is 29.3 Å². The zero-order valence-corrected chi connectivity index (χ0v) is 77.3. The summed E-state index contributed by atoms with van der Waals surface area (Å²) in [6.07, 6.45) is 6.44. The minimum Gasteiger partial charge on any atom is -0.504 e. The van der Waals surface area contributed by atoms with E-state index >= 15 is 0 Å². The molecule has 1 aromatic rings. The Hall–Kier alpha value is -7.96. The second-order valence-electron chi connectivity index (χ2n) is 39.6. The smallest absolute Gasteiger partial charge is 0.504 e. The lowest BCUT2D eigenvalue weighted by molar-refractivity contribution is -0.384. The van der Waals surface area contributed by atoms with Crippen molar-refractivity contribution in [3.63, 3.8) is 0 Å². The Morgan fingerprint density at radius 3 is 1.30 bits per heavy atom. The number of nitro benzene ring substituents is 1. The van der Waals surface area contributed by atoms with E-state index < -0.39 is 249 Å². The molecule has 6 aliphatic heterocycles. The predicted octanol–water partition coefficient (Wildman–Crippen LogP) is 8.85. The van der Waals surface area contributed by atoms with E-state index in [-0.39, 0.29) is 74.2 Å². The zero-order chi connectivity index (χ0) is 96.1. The number of carbonyl (C=O) groups is 10. The third kappa shape index (κ3) is 19.6. The third-order valence-corrected chi connectivity index (χ3v) is 31.7. The first kappa shape index (κ1) is 102. The Labute approximate surface area is 772 Å². The van der Waals surface area contributed by atoms with E-state index in [9.17, 15) is 104 Å². The van der Waals surface area contributed by atoms with Crippen molar-refractivity contribution in [2.75, 3.05) is 53.9 Å². The molecule has 6 saturated heterocycles.